The largest absolute Gasteiger partial charge is 0.427 e. The van der Waals surface area contributed by atoms with Crippen molar-refractivity contribution in [2.75, 3.05) is 0 Å². The second-order valence-corrected chi connectivity index (χ2v) is 9.13. The predicted molar refractivity (Wildman–Crippen MR) is 94.1 cm³/mol. The molecule has 2 fully saturated rings. The summed E-state index contributed by atoms with van der Waals surface area (Å²) in [7, 11) is 0. The van der Waals surface area contributed by atoms with Gasteiger partial charge in [-0.2, -0.15) is 0 Å². The molecule has 0 aromatic heterocycles. The van der Waals surface area contributed by atoms with Gasteiger partial charge in [-0.3, -0.25) is 9.59 Å². The quantitative estimate of drug-likeness (QED) is 0.672. The molecule has 3 rings (SSSR count). The molecule has 24 heavy (non-hydrogen) atoms. The Bertz CT molecular complexity index is 667. The highest BCUT2D eigenvalue weighted by atomic mass is 16.5. The minimum absolute atomic E-state index is 0.00671. The Kier molecular flexibility index (Phi) is 3.86. The molecular formula is C21H30O3. The SMILES string of the molecule is CC(=O)OC1=C2[C@](C)(CC[C@@H]3C(C)(C)CCC[C@@]23C)C(C(C)=O)=C1. The van der Waals surface area contributed by atoms with Gasteiger partial charge in [0.05, 0.1) is 0 Å². The van der Waals surface area contributed by atoms with Gasteiger partial charge in [-0.25, -0.2) is 0 Å². The molecule has 0 amide bonds. The summed E-state index contributed by atoms with van der Waals surface area (Å²) in [5, 5.41) is 0. The molecule has 0 saturated heterocycles. The maximum atomic E-state index is 12.3. The van der Waals surface area contributed by atoms with Crippen LogP contribution in [-0.4, -0.2) is 11.8 Å². The van der Waals surface area contributed by atoms with E-state index in [9.17, 15) is 9.59 Å². The molecule has 132 valence electrons. The number of allylic oxidation sites excluding steroid dienone is 3. The van der Waals surface area contributed by atoms with Crippen molar-refractivity contribution in [2.24, 2.45) is 22.2 Å². The van der Waals surface area contributed by atoms with Crippen molar-refractivity contribution in [3.63, 3.8) is 0 Å². The molecule has 0 spiro atoms. The van der Waals surface area contributed by atoms with Gasteiger partial charge in [0, 0.05) is 17.9 Å². The van der Waals surface area contributed by atoms with E-state index in [1.54, 1.807) is 6.92 Å². The zero-order valence-corrected chi connectivity index (χ0v) is 15.9. The van der Waals surface area contributed by atoms with Crippen molar-refractivity contribution < 1.29 is 14.3 Å². The molecule has 3 nitrogen and oxygen atoms in total. The molecule has 0 unspecified atom stereocenters. The second kappa shape index (κ2) is 5.31. The van der Waals surface area contributed by atoms with Gasteiger partial charge in [-0.05, 0) is 61.0 Å². The Morgan fingerprint density at radius 1 is 1.08 bits per heavy atom. The normalized spacial score (nSPS) is 37.4. The first-order chi connectivity index (χ1) is 11.0. The van der Waals surface area contributed by atoms with Crippen molar-refractivity contribution >= 4 is 11.8 Å². The predicted octanol–water partition coefficient (Wildman–Crippen LogP) is 4.97. The standard InChI is InChI=1S/C21H30O3/c1-13(22)15-12-16(24-14(2)23)18-20(15,5)11-8-17-19(3,4)9-7-10-21(17,18)6/h12,17H,7-11H2,1-6H3/t17-,20-,21-/m1/s1. The summed E-state index contributed by atoms with van der Waals surface area (Å²) in [6, 6.07) is 0. The van der Waals surface area contributed by atoms with Gasteiger partial charge in [0.15, 0.2) is 5.78 Å². The summed E-state index contributed by atoms with van der Waals surface area (Å²) >= 11 is 0. The van der Waals surface area contributed by atoms with E-state index in [-0.39, 0.29) is 28.0 Å². The molecule has 0 aromatic carbocycles. The van der Waals surface area contributed by atoms with Gasteiger partial charge >= 0.3 is 5.97 Å². The Hall–Kier alpha value is -1.38. The highest BCUT2D eigenvalue weighted by Crippen LogP contribution is 2.68. The minimum Gasteiger partial charge on any atom is -0.427 e. The number of hydrogen-bond acceptors (Lipinski definition) is 3. The number of carbonyl (C=O) groups is 2. The smallest absolute Gasteiger partial charge is 0.308 e. The molecule has 3 aliphatic carbocycles. The third-order valence-corrected chi connectivity index (χ3v) is 7.03. The Morgan fingerprint density at radius 2 is 1.75 bits per heavy atom. The van der Waals surface area contributed by atoms with Crippen molar-refractivity contribution in [3.05, 3.63) is 23.0 Å². The molecule has 3 aliphatic rings. The summed E-state index contributed by atoms with van der Waals surface area (Å²) in [4.78, 5) is 24.0. The minimum atomic E-state index is -0.304. The summed E-state index contributed by atoms with van der Waals surface area (Å²) in [5.41, 5.74) is 2.01. The van der Waals surface area contributed by atoms with Crippen LogP contribution in [0.5, 0.6) is 0 Å². The molecule has 0 aromatic rings. The van der Waals surface area contributed by atoms with Crippen LogP contribution in [0.2, 0.25) is 0 Å². The van der Waals surface area contributed by atoms with Crippen LogP contribution < -0.4 is 0 Å². The zero-order valence-electron chi connectivity index (χ0n) is 15.9. The molecule has 0 heterocycles. The first-order valence-electron chi connectivity index (χ1n) is 9.19. The van der Waals surface area contributed by atoms with Crippen LogP contribution in [0, 0.1) is 22.2 Å². The third-order valence-electron chi connectivity index (χ3n) is 7.03. The first kappa shape index (κ1) is 17.4. The highest BCUT2D eigenvalue weighted by molar-refractivity contribution is 5.97. The van der Waals surface area contributed by atoms with Crippen LogP contribution in [0.1, 0.15) is 73.6 Å². The third kappa shape index (κ3) is 2.31. The molecular weight excluding hydrogens is 300 g/mol. The Labute approximate surface area is 145 Å². The van der Waals surface area contributed by atoms with Gasteiger partial charge < -0.3 is 4.74 Å². The molecule has 3 atom stereocenters. The number of ketones is 1. The number of esters is 1. The van der Waals surface area contributed by atoms with Gasteiger partial charge in [0.25, 0.3) is 0 Å². The topological polar surface area (TPSA) is 43.4 Å². The Morgan fingerprint density at radius 3 is 2.33 bits per heavy atom. The van der Waals surface area contributed by atoms with Crippen LogP contribution in [0.15, 0.2) is 23.0 Å². The maximum absolute atomic E-state index is 12.3. The number of hydrogen-bond donors (Lipinski definition) is 0. The maximum Gasteiger partial charge on any atom is 0.308 e. The average molecular weight is 330 g/mol. The van der Waals surface area contributed by atoms with E-state index in [0.717, 1.165) is 24.8 Å². The summed E-state index contributed by atoms with van der Waals surface area (Å²) in [6.45, 7) is 12.3. The van der Waals surface area contributed by atoms with E-state index in [4.69, 9.17) is 4.74 Å². The van der Waals surface area contributed by atoms with Crippen LogP contribution >= 0.6 is 0 Å². The molecule has 3 heteroatoms. The van der Waals surface area contributed by atoms with E-state index in [0.29, 0.717) is 11.7 Å². The summed E-state index contributed by atoms with van der Waals surface area (Å²) in [6.07, 6.45) is 7.48. The lowest BCUT2D eigenvalue weighted by atomic mass is 9.45. The number of fused-ring (bicyclic) bond motifs is 3. The van der Waals surface area contributed by atoms with Crippen molar-refractivity contribution in [2.45, 2.75) is 73.6 Å². The number of carbonyl (C=O) groups excluding carboxylic acids is 2. The van der Waals surface area contributed by atoms with Crippen LogP contribution in [0.3, 0.4) is 0 Å². The van der Waals surface area contributed by atoms with E-state index in [1.807, 2.05) is 6.08 Å². The zero-order chi connectivity index (χ0) is 17.9. The fourth-order valence-electron chi connectivity index (χ4n) is 6.23. The average Bonchev–Trinajstić information content (AvgIpc) is 2.71. The fraction of sp³-hybridized carbons (Fsp3) is 0.714. The Balaban J connectivity index is 2.18. The fourth-order valence-corrected chi connectivity index (χ4v) is 6.23. The first-order valence-corrected chi connectivity index (χ1v) is 9.19. The summed E-state index contributed by atoms with van der Waals surface area (Å²) in [5.74, 6) is 1.00. The van der Waals surface area contributed by atoms with Crippen LogP contribution in [-0.2, 0) is 14.3 Å². The van der Waals surface area contributed by atoms with Crippen LogP contribution in [0.4, 0.5) is 0 Å². The molecule has 0 radical (unpaired) electrons. The van der Waals surface area contributed by atoms with Gasteiger partial charge in [-0.15, -0.1) is 0 Å². The van der Waals surface area contributed by atoms with Crippen LogP contribution in [0.25, 0.3) is 0 Å². The van der Waals surface area contributed by atoms with Crippen molar-refractivity contribution in [1.82, 2.24) is 0 Å². The number of Topliss-reactive ketones (excluding diaryl/α,β-unsaturated/α-hetero) is 1. The molecule has 0 N–H and O–H groups in total. The lowest BCUT2D eigenvalue weighted by Gasteiger charge is -2.58. The van der Waals surface area contributed by atoms with Gasteiger partial charge in [0.2, 0.25) is 0 Å². The number of rotatable bonds is 2. The molecule has 2 saturated carbocycles. The van der Waals surface area contributed by atoms with Gasteiger partial charge in [0.1, 0.15) is 5.76 Å². The molecule has 0 bridgehead atoms. The van der Waals surface area contributed by atoms with Crippen molar-refractivity contribution in [3.8, 4) is 0 Å². The monoisotopic (exact) mass is 330 g/mol. The second-order valence-electron chi connectivity index (χ2n) is 9.13. The van der Waals surface area contributed by atoms with E-state index in [2.05, 4.69) is 27.7 Å². The van der Waals surface area contributed by atoms with Gasteiger partial charge in [-0.1, -0.05) is 34.1 Å². The van der Waals surface area contributed by atoms with E-state index in [1.165, 1.54) is 25.3 Å². The highest BCUT2D eigenvalue weighted by Gasteiger charge is 2.59. The lowest BCUT2D eigenvalue weighted by molar-refractivity contribution is -0.136. The van der Waals surface area contributed by atoms with E-state index < -0.39 is 0 Å². The summed E-state index contributed by atoms with van der Waals surface area (Å²) < 4.78 is 5.62. The number of ether oxygens (including phenoxy) is 1. The lowest BCUT2D eigenvalue weighted by Crippen LogP contribution is -2.50. The van der Waals surface area contributed by atoms with Crippen molar-refractivity contribution in [1.29, 1.82) is 0 Å². The molecule has 0 aliphatic heterocycles. The van der Waals surface area contributed by atoms with E-state index >= 15 is 0 Å².